The molecule has 4 nitrogen and oxygen atoms in total. The highest BCUT2D eigenvalue weighted by Crippen LogP contribution is 2.43. The van der Waals surface area contributed by atoms with Crippen molar-refractivity contribution in [2.45, 2.75) is 0 Å². The summed E-state index contributed by atoms with van der Waals surface area (Å²) in [5.74, 6) is 0.720. The molecule has 0 atom stereocenters. The highest BCUT2D eigenvalue weighted by atomic mass is 35.5. The van der Waals surface area contributed by atoms with Gasteiger partial charge in [-0.05, 0) is 6.07 Å². The summed E-state index contributed by atoms with van der Waals surface area (Å²) >= 11 is 5.94. The number of aromatic hydroxyl groups is 1. The predicted molar refractivity (Wildman–Crippen MR) is 64.3 cm³/mol. The van der Waals surface area contributed by atoms with E-state index in [0.717, 1.165) is 0 Å². The number of phenolic OH excluding ortho intramolecular Hbond substituents is 1. The van der Waals surface area contributed by atoms with Crippen LogP contribution in [-0.4, -0.2) is 25.9 Å². The van der Waals surface area contributed by atoms with E-state index in [1.807, 2.05) is 0 Å². The second kappa shape index (κ2) is 5.63. The van der Waals surface area contributed by atoms with Crippen LogP contribution >= 0.6 is 11.6 Å². The third-order valence-electron chi connectivity index (χ3n) is 2.05. The zero-order valence-electron chi connectivity index (χ0n) is 9.16. The van der Waals surface area contributed by atoms with E-state index < -0.39 is 0 Å². The smallest absolute Gasteiger partial charge is 0.183 e. The van der Waals surface area contributed by atoms with Gasteiger partial charge in [0.25, 0.3) is 0 Å². The number of phenols is 1. The lowest BCUT2D eigenvalue weighted by molar-refractivity contribution is 0.351. The van der Waals surface area contributed by atoms with E-state index >= 15 is 0 Å². The molecule has 0 aromatic heterocycles. The lowest BCUT2D eigenvalue weighted by atomic mass is 10.1. The Bertz CT molecular complexity index is 405. The molecule has 0 aliphatic carbocycles. The Morgan fingerprint density at radius 3 is 2.62 bits per heavy atom. The Kier molecular flexibility index (Phi) is 4.46. The third-order valence-corrected chi connectivity index (χ3v) is 2.40. The molecule has 0 aliphatic heterocycles. The standard InChI is InChI=1S/C11H14ClNO3/c1-15-8-6-7(4-3-5-13)10(14)9(12)11(8)16-2/h3-4,6,14H,5,13H2,1-2H3/b4-3+. The molecule has 0 radical (unpaired) electrons. The minimum Gasteiger partial charge on any atom is -0.506 e. The number of hydrogen-bond donors (Lipinski definition) is 2. The molecular formula is C11H14ClNO3. The molecule has 16 heavy (non-hydrogen) atoms. The van der Waals surface area contributed by atoms with Crippen molar-refractivity contribution in [2.24, 2.45) is 5.73 Å². The normalized spacial score (nSPS) is 10.8. The maximum Gasteiger partial charge on any atom is 0.183 e. The first kappa shape index (κ1) is 12.7. The number of methoxy groups -OCH3 is 2. The van der Waals surface area contributed by atoms with Crippen LogP contribution in [0.5, 0.6) is 17.2 Å². The number of hydrogen-bond acceptors (Lipinski definition) is 4. The fourth-order valence-electron chi connectivity index (χ4n) is 1.28. The van der Waals surface area contributed by atoms with Crippen LogP contribution in [-0.2, 0) is 0 Å². The Morgan fingerprint density at radius 1 is 1.44 bits per heavy atom. The minimum atomic E-state index is -0.0518. The summed E-state index contributed by atoms with van der Waals surface area (Å²) in [5.41, 5.74) is 5.87. The highest BCUT2D eigenvalue weighted by Gasteiger charge is 2.16. The van der Waals surface area contributed by atoms with E-state index in [-0.39, 0.29) is 10.8 Å². The summed E-state index contributed by atoms with van der Waals surface area (Å²) in [4.78, 5) is 0. The molecule has 0 spiro atoms. The molecule has 0 heterocycles. The topological polar surface area (TPSA) is 64.7 Å². The second-order valence-electron chi connectivity index (χ2n) is 3.00. The quantitative estimate of drug-likeness (QED) is 0.849. The lowest BCUT2D eigenvalue weighted by Crippen LogP contribution is -1.94. The SMILES string of the molecule is COc1cc(/C=C/CN)c(O)c(Cl)c1OC. The Hall–Kier alpha value is -1.39. The van der Waals surface area contributed by atoms with Gasteiger partial charge in [-0.15, -0.1) is 0 Å². The van der Waals surface area contributed by atoms with Gasteiger partial charge in [0, 0.05) is 12.1 Å². The average Bonchev–Trinajstić information content (AvgIpc) is 2.30. The molecule has 0 amide bonds. The van der Waals surface area contributed by atoms with E-state index in [2.05, 4.69) is 0 Å². The van der Waals surface area contributed by atoms with Crippen LogP contribution in [0.2, 0.25) is 5.02 Å². The van der Waals surface area contributed by atoms with Crippen LogP contribution in [0.25, 0.3) is 6.08 Å². The molecule has 1 aromatic rings. The van der Waals surface area contributed by atoms with Gasteiger partial charge >= 0.3 is 0 Å². The molecule has 88 valence electrons. The predicted octanol–water partition coefficient (Wildman–Crippen LogP) is 2.03. The van der Waals surface area contributed by atoms with Crippen LogP contribution in [0.4, 0.5) is 0 Å². The molecule has 0 saturated carbocycles. The van der Waals surface area contributed by atoms with Gasteiger partial charge in [-0.3, -0.25) is 0 Å². The second-order valence-corrected chi connectivity index (χ2v) is 3.38. The van der Waals surface area contributed by atoms with Gasteiger partial charge in [0.15, 0.2) is 11.5 Å². The Balaban J connectivity index is 3.32. The van der Waals surface area contributed by atoms with E-state index in [4.69, 9.17) is 26.8 Å². The maximum atomic E-state index is 9.80. The summed E-state index contributed by atoms with van der Waals surface area (Å²) in [6.45, 7) is 0.380. The van der Waals surface area contributed by atoms with E-state index in [1.165, 1.54) is 14.2 Å². The van der Waals surface area contributed by atoms with Gasteiger partial charge in [0.05, 0.1) is 14.2 Å². The minimum absolute atomic E-state index is 0.0518. The molecular weight excluding hydrogens is 230 g/mol. The van der Waals surface area contributed by atoms with Crippen molar-refractivity contribution >= 4 is 17.7 Å². The Morgan fingerprint density at radius 2 is 2.12 bits per heavy atom. The van der Waals surface area contributed by atoms with Gasteiger partial charge in [-0.25, -0.2) is 0 Å². The average molecular weight is 244 g/mol. The van der Waals surface area contributed by atoms with Crippen molar-refractivity contribution in [3.63, 3.8) is 0 Å². The van der Waals surface area contributed by atoms with Crippen LogP contribution in [0.15, 0.2) is 12.1 Å². The van der Waals surface area contributed by atoms with E-state index in [1.54, 1.807) is 18.2 Å². The number of ether oxygens (including phenoxy) is 2. The van der Waals surface area contributed by atoms with Gasteiger partial charge in [-0.1, -0.05) is 23.8 Å². The van der Waals surface area contributed by atoms with Gasteiger partial charge in [0.2, 0.25) is 0 Å². The fourth-order valence-corrected chi connectivity index (χ4v) is 1.56. The molecule has 1 rings (SSSR count). The number of benzene rings is 1. The first-order valence-corrected chi connectivity index (χ1v) is 5.03. The highest BCUT2D eigenvalue weighted by molar-refractivity contribution is 6.34. The first-order valence-electron chi connectivity index (χ1n) is 4.65. The number of rotatable bonds is 4. The zero-order valence-corrected chi connectivity index (χ0v) is 9.91. The van der Waals surface area contributed by atoms with Crippen LogP contribution in [0, 0.1) is 0 Å². The van der Waals surface area contributed by atoms with Gasteiger partial charge in [0.1, 0.15) is 10.8 Å². The van der Waals surface area contributed by atoms with Gasteiger partial charge in [-0.2, -0.15) is 0 Å². The first-order chi connectivity index (χ1) is 7.65. The summed E-state index contributed by atoms with van der Waals surface area (Å²) < 4.78 is 10.1. The van der Waals surface area contributed by atoms with Crippen molar-refractivity contribution in [3.05, 3.63) is 22.7 Å². The third kappa shape index (κ3) is 2.40. The molecule has 3 N–H and O–H groups in total. The van der Waals surface area contributed by atoms with Crippen molar-refractivity contribution < 1.29 is 14.6 Å². The summed E-state index contributed by atoms with van der Waals surface area (Å²) in [6, 6.07) is 1.63. The fraction of sp³-hybridized carbons (Fsp3) is 0.273. The molecule has 0 fully saturated rings. The van der Waals surface area contributed by atoms with Crippen molar-refractivity contribution in [3.8, 4) is 17.2 Å². The monoisotopic (exact) mass is 243 g/mol. The van der Waals surface area contributed by atoms with Crippen molar-refractivity contribution in [1.29, 1.82) is 0 Å². The molecule has 0 saturated heterocycles. The zero-order chi connectivity index (χ0) is 12.1. The van der Waals surface area contributed by atoms with Crippen molar-refractivity contribution in [2.75, 3.05) is 20.8 Å². The van der Waals surface area contributed by atoms with Crippen LogP contribution < -0.4 is 15.2 Å². The summed E-state index contributed by atoms with van der Waals surface area (Å²) in [7, 11) is 2.96. The number of halogens is 1. The lowest BCUT2D eigenvalue weighted by Gasteiger charge is -2.12. The largest absolute Gasteiger partial charge is 0.506 e. The maximum absolute atomic E-state index is 9.80. The molecule has 5 heteroatoms. The van der Waals surface area contributed by atoms with E-state index in [0.29, 0.717) is 23.6 Å². The van der Waals surface area contributed by atoms with E-state index in [9.17, 15) is 5.11 Å². The Labute approximate surface area is 99.2 Å². The molecule has 0 unspecified atom stereocenters. The van der Waals surface area contributed by atoms with Crippen molar-refractivity contribution in [1.82, 2.24) is 0 Å². The summed E-state index contributed by atoms with van der Waals surface area (Å²) in [5, 5.41) is 9.92. The van der Waals surface area contributed by atoms with Crippen LogP contribution in [0.3, 0.4) is 0 Å². The number of nitrogens with two attached hydrogens (primary N) is 1. The van der Waals surface area contributed by atoms with Gasteiger partial charge < -0.3 is 20.3 Å². The molecule has 0 aliphatic rings. The summed E-state index contributed by atoms with van der Waals surface area (Å²) in [6.07, 6.45) is 3.38. The molecule has 1 aromatic carbocycles. The van der Waals surface area contributed by atoms with Crippen LogP contribution in [0.1, 0.15) is 5.56 Å². The molecule has 0 bridgehead atoms.